The summed E-state index contributed by atoms with van der Waals surface area (Å²) in [4.78, 5) is 11.5. The molecule has 0 heterocycles. The number of nitrogen functional groups attached to an aromatic ring is 1. The Morgan fingerprint density at radius 2 is 1.71 bits per heavy atom. The molecule has 4 heteroatoms. The van der Waals surface area contributed by atoms with E-state index in [1.807, 2.05) is 24.3 Å². The summed E-state index contributed by atoms with van der Waals surface area (Å²) in [6.45, 7) is 6.49. The van der Waals surface area contributed by atoms with E-state index in [-0.39, 0.29) is 11.3 Å². The van der Waals surface area contributed by atoms with Crippen molar-refractivity contribution in [3.05, 3.63) is 59.7 Å². The first-order valence-corrected chi connectivity index (χ1v) is 6.79. The van der Waals surface area contributed by atoms with Gasteiger partial charge in [0, 0.05) is 5.56 Å². The van der Waals surface area contributed by atoms with Crippen LogP contribution in [0.2, 0.25) is 0 Å². The first kappa shape index (κ1) is 15.1. The second kappa shape index (κ2) is 5.97. The maximum atomic E-state index is 11.5. The van der Waals surface area contributed by atoms with Crippen molar-refractivity contribution in [2.45, 2.75) is 26.2 Å². The van der Waals surface area contributed by atoms with Gasteiger partial charge in [-0.2, -0.15) is 0 Å². The third-order valence-corrected chi connectivity index (χ3v) is 3.18. The van der Waals surface area contributed by atoms with Gasteiger partial charge in [0.25, 0.3) is 5.91 Å². The standard InChI is InChI=1S/C17H20N2O2/c1-17(2,3)13-7-9-14(10-8-13)21-15-6-4-5-12(11-15)16(20)19-18/h4-11H,18H2,1-3H3,(H,19,20). The van der Waals surface area contributed by atoms with E-state index in [1.54, 1.807) is 24.3 Å². The predicted octanol–water partition coefficient (Wildman–Crippen LogP) is 3.38. The van der Waals surface area contributed by atoms with E-state index >= 15 is 0 Å². The summed E-state index contributed by atoms with van der Waals surface area (Å²) in [5.74, 6) is 6.11. The number of nitrogens with two attached hydrogens (primary N) is 1. The fourth-order valence-electron chi connectivity index (χ4n) is 1.94. The molecule has 0 aliphatic rings. The lowest BCUT2D eigenvalue weighted by molar-refractivity contribution is 0.0953. The monoisotopic (exact) mass is 284 g/mol. The summed E-state index contributed by atoms with van der Waals surface area (Å²) in [7, 11) is 0. The second-order valence-corrected chi connectivity index (χ2v) is 5.88. The van der Waals surface area contributed by atoms with Crippen LogP contribution in [-0.4, -0.2) is 5.91 Å². The summed E-state index contributed by atoms with van der Waals surface area (Å²) in [6, 6.07) is 14.8. The van der Waals surface area contributed by atoms with E-state index in [2.05, 4.69) is 26.2 Å². The number of benzene rings is 2. The first-order valence-electron chi connectivity index (χ1n) is 6.79. The number of hydrogen-bond donors (Lipinski definition) is 2. The van der Waals surface area contributed by atoms with Crippen molar-refractivity contribution in [3.63, 3.8) is 0 Å². The lowest BCUT2D eigenvalue weighted by Crippen LogP contribution is -2.29. The molecule has 0 aliphatic heterocycles. The first-order chi connectivity index (χ1) is 9.90. The van der Waals surface area contributed by atoms with Gasteiger partial charge >= 0.3 is 0 Å². The van der Waals surface area contributed by atoms with Crippen LogP contribution in [0.15, 0.2) is 48.5 Å². The number of hydrogen-bond acceptors (Lipinski definition) is 3. The molecule has 3 N–H and O–H groups in total. The molecule has 0 unspecified atom stereocenters. The van der Waals surface area contributed by atoms with Gasteiger partial charge in [0.2, 0.25) is 0 Å². The number of nitrogens with one attached hydrogen (secondary N) is 1. The maximum absolute atomic E-state index is 11.5. The van der Waals surface area contributed by atoms with Crippen molar-refractivity contribution in [3.8, 4) is 11.5 Å². The van der Waals surface area contributed by atoms with E-state index in [9.17, 15) is 4.79 Å². The zero-order valence-corrected chi connectivity index (χ0v) is 12.5. The molecule has 4 nitrogen and oxygen atoms in total. The highest BCUT2D eigenvalue weighted by Crippen LogP contribution is 2.27. The predicted molar refractivity (Wildman–Crippen MR) is 83.3 cm³/mol. The molecule has 2 rings (SSSR count). The molecule has 0 aliphatic carbocycles. The van der Waals surface area contributed by atoms with Crippen molar-refractivity contribution >= 4 is 5.91 Å². The molecule has 21 heavy (non-hydrogen) atoms. The average Bonchev–Trinajstić information content (AvgIpc) is 2.46. The van der Waals surface area contributed by atoms with Gasteiger partial charge in [-0.1, -0.05) is 39.0 Å². The Hall–Kier alpha value is -2.33. The third kappa shape index (κ3) is 3.83. The van der Waals surface area contributed by atoms with Crippen molar-refractivity contribution in [1.82, 2.24) is 5.43 Å². The summed E-state index contributed by atoms with van der Waals surface area (Å²) in [5.41, 5.74) is 3.91. The lowest BCUT2D eigenvalue weighted by Gasteiger charge is -2.19. The molecule has 0 radical (unpaired) electrons. The zero-order valence-electron chi connectivity index (χ0n) is 12.5. The largest absolute Gasteiger partial charge is 0.457 e. The van der Waals surface area contributed by atoms with Crippen LogP contribution in [-0.2, 0) is 5.41 Å². The molecular weight excluding hydrogens is 264 g/mol. The number of ether oxygens (including phenoxy) is 1. The Morgan fingerprint density at radius 3 is 2.29 bits per heavy atom. The molecule has 0 saturated carbocycles. The lowest BCUT2D eigenvalue weighted by atomic mass is 9.87. The van der Waals surface area contributed by atoms with Crippen LogP contribution in [0.4, 0.5) is 0 Å². The SMILES string of the molecule is CC(C)(C)c1ccc(Oc2cccc(C(=O)NN)c2)cc1. The quantitative estimate of drug-likeness (QED) is 0.516. The minimum atomic E-state index is -0.344. The molecule has 2 aromatic carbocycles. The van der Waals surface area contributed by atoms with E-state index in [4.69, 9.17) is 10.6 Å². The van der Waals surface area contributed by atoms with Crippen molar-refractivity contribution in [2.24, 2.45) is 5.84 Å². The van der Waals surface area contributed by atoms with Crippen LogP contribution in [0, 0.1) is 0 Å². The minimum Gasteiger partial charge on any atom is -0.457 e. The van der Waals surface area contributed by atoms with Gasteiger partial charge in [0.1, 0.15) is 11.5 Å². The van der Waals surface area contributed by atoms with Crippen molar-refractivity contribution in [1.29, 1.82) is 0 Å². The smallest absolute Gasteiger partial charge is 0.265 e. The summed E-state index contributed by atoms with van der Waals surface area (Å²) >= 11 is 0. The highest BCUT2D eigenvalue weighted by atomic mass is 16.5. The molecule has 0 spiro atoms. The average molecular weight is 284 g/mol. The fourth-order valence-corrected chi connectivity index (χ4v) is 1.94. The second-order valence-electron chi connectivity index (χ2n) is 5.88. The number of amides is 1. The van der Waals surface area contributed by atoms with Gasteiger partial charge in [0.15, 0.2) is 0 Å². The normalized spacial score (nSPS) is 11.0. The number of rotatable bonds is 3. The van der Waals surface area contributed by atoms with Crippen LogP contribution >= 0.6 is 0 Å². The molecule has 1 amide bonds. The van der Waals surface area contributed by atoms with Gasteiger partial charge in [-0.3, -0.25) is 10.2 Å². The topological polar surface area (TPSA) is 64.3 Å². The number of carbonyl (C=O) groups is 1. The molecular formula is C17H20N2O2. The Labute approximate surface area is 124 Å². The fraction of sp³-hybridized carbons (Fsp3) is 0.235. The van der Waals surface area contributed by atoms with Crippen molar-refractivity contribution < 1.29 is 9.53 Å². The minimum absolute atomic E-state index is 0.109. The highest BCUT2D eigenvalue weighted by molar-refractivity contribution is 5.94. The number of hydrazine groups is 1. The molecule has 0 aromatic heterocycles. The summed E-state index contributed by atoms with van der Waals surface area (Å²) < 4.78 is 5.76. The molecule has 2 aromatic rings. The van der Waals surface area contributed by atoms with Crippen molar-refractivity contribution in [2.75, 3.05) is 0 Å². The van der Waals surface area contributed by atoms with Crippen LogP contribution in [0.25, 0.3) is 0 Å². The van der Waals surface area contributed by atoms with Crippen LogP contribution in [0.3, 0.4) is 0 Å². The van der Waals surface area contributed by atoms with Crippen LogP contribution in [0.1, 0.15) is 36.7 Å². The summed E-state index contributed by atoms with van der Waals surface area (Å²) in [6.07, 6.45) is 0. The Kier molecular flexibility index (Phi) is 4.29. The molecule has 0 fully saturated rings. The van der Waals surface area contributed by atoms with E-state index in [0.29, 0.717) is 11.3 Å². The highest BCUT2D eigenvalue weighted by Gasteiger charge is 2.13. The molecule has 110 valence electrons. The Morgan fingerprint density at radius 1 is 1.05 bits per heavy atom. The van der Waals surface area contributed by atoms with Crippen LogP contribution in [0.5, 0.6) is 11.5 Å². The molecule has 0 atom stereocenters. The molecule has 0 saturated heterocycles. The maximum Gasteiger partial charge on any atom is 0.265 e. The number of carbonyl (C=O) groups excluding carboxylic acids is 1. The summed E-state index contributed by atoms with van der Waals surface area (Å²) in [5, 5.41) is 0. The van der Waals surface area contributed by atoms with Gasteiger partial charge in [-0.25, -0.2) is 5.84 Å². The molecule has 0 bridgehead atoms. The van der Waals surface area contributed by atoms with Crippen LogP contribution < -0.4 is 16.0 Å². The van der Waals surface area contributed by atoms with Gasteiger partial charge in [0.05, 0.1) is 0 Å². The third-order valence-electron chi connectivity index (χ3n) is 3.18. The zero-order chi connectivity index (χ0) is 15.5. The van der Waals surface area contributed by atoms with E-state index in [0.717, 1.165) is 5.75 Å². The van der Waals surface area contributed by atoms with Gasteiger partial charge < -0.3 is 4.74 Å². The Balaban J connectivity index is 2.17. The van der Waals surface area contributed by atoms with E-state index in [1.165, 1.54) is 5.56 Å². The van der Waals surface area contributed by atoms with Gasteiger partial charge in [-0.15, -0.1) is 0 Å². The van der Waals surface area contributed by atoms with E-state index < -0.39 is 0 Å². The van der Waals surface area contributed by atoms with Gasteiger partial charge in [-0.05, 0) is 41.3 Å². The Bertz CT molecular complexity index is 628.